The first kappa shape index (κ1) is 16.1. The Morgan fingerprint density at radius 2 is 2.21 bits per heavy atom. The van der Waals surface area contributed by atoms with Crippen molar-refractivity contribution in [3.8, 4) is 0 Å². The second-order valence-corrected chi connectivity index (χ2v) is 8.16. The molecule has 6 nitrogen and oxygen atoms in total. The molecule has 4 rings (SSSR count). The van der Waals surface area contributed by atoms with E-state index in [0.29, 0.717) is 29.9 Å². The predicted octanol–water partition coefficient (Wildman–Crippen LogP) is 1.15. The molecule has 3 fully saturated rings. The fourth-order valence-electron chi connectivity index (χ4n) is 4.92. The number of nitrogens with one attached hydrogen (secondary N) is 1. The summed E-state index contributed by atoms with van der Waals surface area (Å²) in [5.41, 5.74) is 0.191. The molecule has 0 radical (unpaired) electrons. The van der Waals surface area contributed by atoms with E-state index in [4.69, 9.17) is 4.74 Å². The fraction of sp³-hybridized carbons (Fsp3) is 0.778. The molecule has 4 atom stereocenters. The molecule has 132 valence electrons. The molecular weight excluding hydrogens is 304 g/mol. The van der Waals surface area contributed by atoms with Crippen molar-refractivity contribution < 1.29 is 4.74 Å². The van der Waals surface area contributed by atoms with Crippen LogP contribution >= 0.6 is 0 Å². The molecule has 6 heteroatoms. The summed E-state index contributed by atoms with van der Waals surface area (Å²) < 4.78 is 7.51. The summed E-state index contributed by atoms with van der Waals surface area (Å²) in [6, 6.07) is 0.929. The zero-order valence-corrected chi connectivity index (χ0v) is 14.9. The molecule has 3 aliphatic rings. The van der Waals surface area contributed by atoms with Gasteiger partial charge in [-0.1, -0.05) is 13.8 Å². The lowest BCUT2D eigenvalue weighted by Gasteiger charge is -2.56. The molecule has 0 spiro atoms. The average Bonchev–Trinajstić information content (AvgIpc) is 3.03. The van der Waals surface area contributed by atoms with Crippen molar-refractivity contribution in [2.24, 2.45) is 18.4 Å². The fourth-order valence-corrected chi connectivity index (χ4v) is 4.92. The lowest BCUT2D eigenvalue weighted by molar-refractivity contribution is -0.115. The summed E-state index contributed by atoms with van der Waals surface area (Å²) >= 11 is 0. The minimum atomic E-state index is -0.00798. The summed E-state index contributed by atoms with van der Waals surface area (Å²) in [6.07, 6.45) is 7.26. The van der Waals surface area contributed by atoms with E-state index in [9.17, 15) is 4.79 Å². The molecule has 2 saturated heterocycles. The van der Waals surface area contributed by atoms with Gasteiger partial charge in [-0.15, -0.1) is 0 Å². The van der Waals surface area contributed by atoms with Crippen LogP contribution in [-0.4, -0.2) is 47.4 Å². The number of hydrogen-bond donors (Lipinski definition) is 1. The van der Waals surface area contributed by atoms with E-state index >= 15 is 0 Å². The molecule has 0 aromatic carbocycles. The smallest absolute Gasteiger partial charge is 0.293 e. The summed E-state index contributed by atoms with van der Waals surface area (Å²) in [7, 11) is 1.78. The third kappa shape index (κ3) is 2.47. The quantitative estimate of drug-likeness (QED) is 0.900. The Hall–Kier alpha value is -1.40. The molecule has 1 saturated carbocycles. The van der Waals surface area contributed by atoms with Crippen LogP contribution in [0, 0.1) is 11.3 Å². The minimum Gasteiger partial charge on any atom is -0.377 e. The zero-order chi connectivity index (χ0) is 16.9. The summed E-state index contributed by atoms with van der Waals surface area (Å²) in [5, 5.41) is 3.89. The van der Waals surface area contributed by atoms with E-state index in [1.54, 1.807) is 24.0 Å². The number of piperidine rings is 1. The van der Waals surface area contributed by atoms with Crippen LogP contribution in [0.5, 0.6) is 0 Å². The summed E-state index contributed by atoms with van der Waals surface area (Å²) in [6.45, 7) is 7.29. The molecule has 1 aromatic rings. The zero-order valence-electron chi connectivity index (χ0n) is 14.9. The Morgan fingerprint density at radius 1 is 1.38 bits per heavy atom. The average molecular weight is 332 g/mol. The number of anilines is 1. The molecule has 1 N–H and O–H groups in total. The lowest BCUT2D eigenvalue weighted by Crippen LogP contribution is -2.68. The van der Waals surface area contributed by atoms with Crippen LogP contribution in [0.15, 0.2) is 17.2 Å². The second-order valence-electron chi connectivity index (χ2n) is 8.16. The monoisotopic (exact) mass is 332 g/mol. The van der Waals surface area contributed by atoms with Gasteiger partial charge in [0.05, 0.1) is 6.10 Å². The van der Waals surface area contributed by atoms with E-state index in [2.05, 4.69) is 29.0 Å². The van der Waals surface area contributed by atoms with Gasteiger partial charge < -0.3 is 19.5 Å². The summed E-state index contributed by atoms with van der Waals surface area (Å²) in [4.78, 5) is 18.8. The normalized spacial score (nSPS) is 34.7. The minimum absolute atomic E-state index is 0.00798. The van der Waals surface area contributed by atoms with Gasteiger partial charge in [-0.2, -0.15) is 0 Å². The number of hydrogen-bond acceptors (Lipinski definition) is 5. The molecule has 1 aromatic heterocycles. The van der Waals surface area contributed by atoms with Gasteiger partial charge in [0.1, 0.15) is 0 Å². The Bertz CT molecular complexity index is 671. The van der Waals surface area contributed by atoms with Crippen molar-refractivity contribution in [1.29, 1.82) is 0 Å². The largest absolute Gasteiger partial charge is 0.377 e. The molecule has 0 bridgehead atoms. The van der Waals surface area contributed by atoms with Gasteiger partial charge in [-0.25, -0.2) is 4.98 Å². The highest BCUT2D eigenvalue weighted by Crippen LogP contribution is 2.52. The highest BCUT2D eigenvalue weighted by atomic mass is 16.5. The molecule has 2 aliphatic heterocycles. The highest BCUT2D eigenvalue weighted by Gasteiger charge is 2.59. The van der Waals surface area contributed by atoms with Crippen LogP contribution in [0.3, 0.4) is 0 Å². The molecule has 24 heavy (non-hydrogen) atoms. The van der Waals surface area contributed by atoms with Crippen molar-refractivity contribution in [1.82, 2.24) is 14.9 Å². The SMILES string of the molecule is Cn1ccnc(N2CCC[C@H](N[C@@H]3[C@H]4CCO[C@@H]4C3(C)C)C2)c1=O. The molecule has 1 aliphatic carbocycles. The van der Waals surface area contributed by atoms with Crippen molar-refractivity contribution in [2.45, 2.75) is 51.3 Å². The highest BCUT2D eigenvalue weighted by molar-refractivity contribution is 5.36. The number of aryl methyl sites for hydroxylation is 1. The first-order chi connectivity index (χ1) is 11.5. The second kappa shape index (κ2) is 5.85. The third-order valence-electron chi connectivity index (χ3n) is 6.24. The topological polar surface area (TPSA) is 59.4 Å². The van der Waals surface area contributed by atoms with E-state index in [1.807, 2.05) is 0 Å². The van der Waals surface area contributed by atoms with Crippen molar-refractivity contribution in [3.05, 3.63) is 22.7 Å². The van der Waals surface area contributed by atoms with Gasteiger partial charge in [0.2, 0.25) is 0 Å². The first-order valence-electron chi connectivity index (χ1n) is 9.12. The number of aromatic nitrogens is 2. The number of fused-ring (bicyclic) bond motifs is 1. The number of rotatable bonds is 3. The van der Waals surface area contributed by atoms with Crippen LogP contribution in [0.2, 0.25) is 0 Å². The first-order valence-corrected chi connectivity index (χ1v) is 9.12. The van der Waals surface area contributed by atoms with Crippen LogP contribution in [0.25, 0.3) is 0 Å². The van der Waals surface area contributed by atoms with Gasteiger partial charge in [0.15, 0.2) is 5.82 Å². The van der Waals surface area contributed by atoms with Crippen LogP contribution < -0.4 is 15.8 Å². The van der Waals surface area contributed by atoms with E-state index in [0.717, 1.165) is 32.5 Å². The summed E-state index contributed by atoms with van der Waals surface area (Å²) in [5.74, 6) is 1.24. The number of ether oxygens (including phenoxy) is 1. The molecule has 0 amide bonds. The van der Waals surface area contributed by atoms with Crippen molar-refractivity contribution in [2.75, 3.05) is 24.6 Å². The van der Waals surface area contributed by atoms with Crippen LogP contribution in [0.1, 0.15) is 33.1 Å². The van der Waals surface area contributed by atoms with E-state index in [-0.39, 0.29) is 11.0 Å². The Labute approximate surface area is 143 Å². The molecule has 0 unspecified atom stereocenters. The third-order valence-corrected chi connectivity index (χ3v) is 6.24. The van der Waals surface area contributed by atoms with Crippen LogP contribution in [-0.2, 0) is 11.8 Å². The van der Waals surface area contributed by atoms with Crippen molar-refractivity contribution >= 4 is 5.82 Å². The van der Waals surface area contributed by atoms with E-state index in [1.165, 1.54) is 6.42 Å². The van der Waals surface area contributed by atoms with Gasteiger partial charge in [-0.05, 0) is 19.3 Å². The predicted molar refractivity (Wildman–Crippen MR) is 93.3 cm³/mol. The van der Waals surface area contributed by atoms with Gasteiger partial charge >= 0.3 is 0 Å². The van der Waals surface area contributed by atoms with Crippen molar-refractivity contribution in [3.63, 3.8) is 0 Å². The Balaban J connectivity index is 1.46. The maximum Gasteiger partial charge on any atom is 0.293 e. The van der Waals surface area contributed by atoms with Gasteiger partial charge in [0, 0.05) is 62.6 Å². The standard InChI is InChI=1S/C18H28N4O2/c1-18(2)14(13-6-10-24-15(13)18)20-12-5-4-8-22(11-12)16-17(23)21(3)9-7-19-16/h7,9,12-15,20H,4-6,8,10-11H2,1-3H3/t12-,13+,14+,15-/m0/s1. The molecule has 3 heterocycles. The van der Waals surface area contributed by atoms with Gasteiger partial charge in [0.25, 0.3) is 5.56 Å². The lowest BCUT2D eigenvalue weighted by atomic mass is 9.57. The maximum atomic E-state index is 12.3. The maximum absolute atomic E-state index is 12.3. The van der Waals surface area contributed by atoms with Crippen LogP contribution in [0.4, 0.5) is 5.82 Å². The van der Waals surface area contributed by atoms with E-state index < -0.39 is 0 Å². The Kier molecular flexibility index (Phi) is 3.92. The van der Waals surface area contributed by atoms with Gasteiger partial charge in [-0.3, -0.25) is 4.79 Å². The number of nitrogens with zero attached hydrogens (tertiary/aromatic N) is 3. The molecular formula is C18H28N4O2. The Morgan fingerprint density at radius 3 is 3.04 bits per heavy atom.